The van der Waals surface area contributed by atoms with Crippen LogP contribution in [0.2, 0.25) is 0 Å². The number of anilines is 3. The summed E-state index contributed by atoms with van der Waals surface area (Å²) < 4.78 is 5.32. The topological polar surface area (TPSA) is 89.0 Å². The lowest BCUT2D eigenvalue weighted by Crippen LogP contribution is -2.14. The van der Waals surface area contributed by atoms with Crippen molar-refractivity contribution < 1.29 is 9.53 Å². The normalized spacial score (nSPS) is 10.5. The van der Waals surface area contributed by atoms with E-state index in [4.69, 9.17) is 4.74 Å². The highest BCUT2D eigenvalue weighted by Crippen LogP contribution is 2.26. The molecule has 0 saturated carbocycles. The van der Waals surface area contributed by atoms with Gasteiger partial charge in [-0.05, 0) is 24.3 Å². The Morgan fingerprint density at radius 1 is 0.929 bits per heavy atom. The largest absolute Gasteiger partial charge is 0.495 e. The van der Waals surface area contributed by atoms with E-state index in [0.29, 0.717) is 17.3 Å². The van der Waals surface area contributed by atoms with Gasteiger partial charge in [-0.15, -0.1) is 0 Å². The van der Waals surface area contributed by atoms with E-state index in [9.17, 15) is 4.79 Å². The van der Waals surface area contributed by atoms with Gasteiger partial charge < -0.3 is 15.4 Å². The second kappa shape index (κ2) is 7.71. The number of aromatic nitrogens is 3. The summed E-state index contributed by atoms with van der Waals surface area (Å²) in [4.78, 5) is 25.3. The molecule has 0 fully saturated rings. The summed E-state index contributed by atoms with van der Waals surface area (Å²) >= 11 is 0. The highest BCUT2D eigenvalue weighted by Gasteiger charge is 2.12. The van der Waals surface area contributed by atoms with Crippen LogP contribution in [0.5, 0.6) is 5.75 Å². The van der Waals surface area contributed by atoms with E-state index in [-0.39, 0.29) is 11.6 Å². The Hall–Kier alpha value is -4.00. The fourth-order valence-corrected chi connectivity index (χ4v) is 2.83. The lowest BCUT2D eigenvalue weighted by molar-refractivity contribution is 0.102. The van der Waals surface area contributed by atoms with Gasteiger partial charge >= 0.3 is 0 Å². The van der Waals surface area contributed by atoms with Crippen LogP contribution in [0.25, 0.3) is 10.9 Å². The molecule has 0 saturated heterocycles. The van der Waals surface area contributed by atoms with Gasteiger partial charge in [0.25, 0.3) is 5.91 Å². The number of amides is 1. The van der Waals surface area contributed by atoms with Crippen molar-refractivity contribution in [2.45, 2.75) is 0 Å². The fraction of sp³-hybridized carbons (Fsp3) is 0.0476. The summed E-state index contributed by atoms with van der Waals surface area (Å²) in [6, 6.07) is 18.5. The van der Waals surface area contributed by atoms with Crippen LogP contribution in [0.4, 0.5) is 17.2 Å². The molecule has 0 spiro atoms. The molecule has 138 valence electrons. The maximum atomic E-state index is 12.7. The van der Waals surface area contributed by atoms with Gasteiger partial charge in [0.15, 0.2) is 0 Å². The first-order valence-electron chi connectivity index (χ1n) is 8.62. The van der Waals surface area contributed by atoms with E-state index in [0.717, 1.165) is 16.6 Å². The van der Waals surface area contributed by atoms with Gasteiger partial charge in [0, 0.05) is 17.6 Å². The van der Waals surface area contributed by atoms with Gasteiger partial charge in [0.05, 0.1) is 24.0 Å². The van der Waals surface area contributed by atoms with Crippen molar-refractivity contribution in [1.82, 2.24) is 15.0 Å². The molecule has 7 heteroatoms. The highest BCUT2D eigenvalue weighted by molar-refractivity contribution is 6.07. The number of nitrogens with one attached hydrogen (secondary N) is 2. The number of carbonyl (C=O) groups excluding carboxylic acids is 1. The molecule has 28 heavy (non-hydrogen) atoms. The molecule has 0 atom stereocenters. The third-order valence-electron chi connectivity index (χ3n) is 4.15. The number of rotatable bonds is 5. The van der Waals surface area contributed by atoms with E-state index in [2.05, 4.69) is 25.6 Å². The molecule has 2 heterocycles. The van der Waals surface area contributed by atoms with Crippen molar-refractivity contribution in [3.05, 3.63) is 78.9 Å². The van der Waals surface area contributed by atoms with Crippen molar-refractivity contribution >= 4 is 34.0 Å². The molecule has 0 bridgehead atoms. The molecule has 4 rings (SSSR count). The molecular weight excluding hydrogens is 354 g/mol. The lowest BCUT2D eigenvalue weighted by Gasteiger charge is -2.11. The zero-order valence-corrected chi connectivity index (χ0v) is 15.1. The number of carbonyl (C=O) groups is 1. The SMILES string of the molecule is COc1ccccc1Nc1cc(C(=O)Nc2cccc3cccnc23)ncn1. The Bertz CT molecular complexity index is 1140. The predicted molar refractivity (Wildman–Crippen MR) is 108 cm³/mol. The Morgan fingerprint density at radius 2 is 1.75 bits per heavy atom. The average molecular weight is 371 g/mol. The van der Waals surface area contributed by atoms with E-state index in [1.54, 1.807) is 19.4 Å². The van der Waals surface area contributed by atoms with Crippen LogP contribution in [0.15, 0.2) is 73.2 Å². The molecule has 0 aliphatic rings. The standard InChI is InChI=1S/C21H17N5O2/c1-28-18-10-3-2-8-15(18)25-19-12-17(23-13-24-19)21(27)26-16-9-4-6-14-7-5-11-22-20(14)16/h2-13H,1H3,(H,26,27)(H,23,24,25). The van der Waals surface area contributed by atoms with Crippen LogP contribution in [0.3, 0.4) is 0 Å². The number of methoxy groups -OCH3 is 1. The van der Waals surface area contributed by atoms with Gasteiger partial charge in [-0.3, -0.25) is 9.78 Å². The van der Waals surface area contributed by atoms with Gasteiger partial charge in [-0.2, -0.15) is 0 Å². The molecule has 0 aliphatic carbocycles. The quantitative estimate of drug-likeness (QED) is 0.551. The maximum absolute atomic E-state index is 12.7. The molecule has 0 unspecified atom stereocenters. The zero-order chi connectivity index (χ0) is 19.3. The number of hydrogen-bond acceptors (Lipinski definition) is 6. The summed E-state index contributed by atoms with van der Waals surface area (Å²) in [5.74, 6) is 0.818. The first kappa shape index (κ1) is 17.4. The number of hydrogen-bond donors (Lipinski definition) is 2. The summed E-state index contributed by atoms with van der Waals surface area (Å²) in [5.41, 5.74) is 2.33. The van der Waals surface area contributed by atoms with E-state index in [1.165, 1.54) is 6.33 Å². The third-order valence-corrected chi connectivity index (χ3v) is 4.15. The van der Waals surface area contributed by atoms with Crippen molar-refractivity contribution in [3.8, 4) is 5.75 Å². The minimum absolute atomic E-state index is 0.236. The molecule has 0 radical (unpaired) electrons. The highest BCUT2D eigenvalue weighted by atomic mass is 16.5. The third kappa shape index (κ3) is 3.59. The number of para-hydroxylation sites is 3. The van der Waals surface area contributed by atoms with Gasteiger partial charge in [-0.25, -0.2) is 9.97 Å². The van der Waals surface area contributed by atoms with Crippen molar-refractivity contribution in [3.63, 3.8) is 0 Å². The second-order valence-electron chi connectivity index (χ2n) is 5.95. The number of ether oxygens (including phenoxy) is 1. The minimum Gasteiger partial charge on any atom is -0.495 e. The van der Waals surface area contributed by atoms with E-state index in [1.807, 2.05) is 54.6 Å². The van der Waals surface area contributed by atoms with Crippen LogP contribution in [-0.4, -0.2) is 28.0 Å². The number of pyridine rings is 1. The first-order chi connectivity index (χ1) is 13.7. The lowest BCUT2D eigenvalue weighted by atomic mass is 10.2. The number of fused-ring (bicyclic) bond motifs is 1. The monoisotopic (exact) mass is 371 g/mol. The molecule has 0 aliphatic heterocycles. The van der Waals surface area contributed by atoms with Gasteiger partial charge in [0.1, 0.15) is 23.6 Å². The summed E-state index contributed by atoms with van der Waals surface area (Å²) in [6.45, 7) is 0. The minimum atomic E-state index is -0.344. The average Bonchev–Trinajstić information content (AvgIpc) is 2.74. The molecular formula is C21H17N5O2. The van der Waals surface area contributed by atoms with Crippen LogP contribution < -0.4 is 15.4 Å². The van der Waals surface area contributed by atoms with Crippen molar-refractivity contribution in [1.29, 1.82) is 0 Å². The van der Waals surface area contributed by atoms with Crippen molar-refractivity contribution in [2.75, 3.05) is 17.7 Å². The first-order valence-corrected chi connectivity index (χ1v) is 8.62. The number of nitrogens with zero attached hydrogens (tertiary/aromatic N) is 3. The summed E-state index contributed by atoms with van der Waals surface area (Å²) in [7, 11) is 1.59. The molecule has 2 N–H and O–H groups in total. The molecule has 4 aromatic rings. The number of benzene rings is 2. The van der Waals surface area contributed by atoms with Gasteiger partial charge in [0.2, 0.25) is 0 Å². The maximum Gasteiger partial charge on any atom is 0.274 e. The predicted octanol–water partition coefficient (Wildman–Crippen LogP) is 4.03. The fourth-order valence-electron chi connectivity index (χ4n) is 2.83. The zero-order valence-electron chi connectivity index (χ0n) is 15.1. The van der Waals surface area contributed by atoms with E-state index >= 15 is 0 Å². The Labute approximate surface area is 161 Å². The summed E-state index contributed by atoms with van der Waals surface area (Å²) in [5, 5.41) is 6.96. The Kier molecular flexibility index (Phi) is 4.79. The van der Waals surface area contributed by atoms with Crippen LogP contribution in [0, 0.1) is 0 Å². The second-order valence-corrected chi connectivity index (χ2v) is 5.95. The molecule has 2 aromatic carbocycles. The van der Waals surface area contributed by atoms with Crippen LogP contribution in [-0.2, 0) is 0 Å². The van der Waals surface area contributed by atoms with Gasteiger partial charge in [-0.1, -0.05) is 30.3 Å². The van der Waals surface area contributed by atoms with Crippen LogP contribution in [0.1, 0.15) is 10.5 Å². The smallest absolute Gasteiger partial charge is 0.274 e. The molecule has 2 aromatic heterocycles. The summed E-state index contributed by atoms with van der Waals surface area (Å²) in [6.07, 6.45) is 3.03. The van der Waals surface area contributed by atoms with Crippen LogP contribution >= 0.6 is 0 Å². The Morgan fingerprint density at radius 3 is 2.64 bits per heavy atom. The Balaban J connectivity index is 1.58. The van der Waals surface area contributed by atoms with E-state index < -0.39 is 0 Å². The van der Waals surface area contributed by atoms with Crippen molar-refractivity contribution in [2.24, 2.45) is 0 Å². The molecule has 7 nitrogen and oxygen atoms in total. The molecule has 1 amide bonds.